The average Bonchev–Trinajstić information content (AvgIpc) is 2.83. The van der Waals surface area contributed by atoms with Gasteiger partial charge in [0.1, 0.15) is 18.0 Å². The van der Waals surface area contributed by atoms with Gasteiger partial charge in [0.15, 0.2) is 5.69 Å². The SMILES string of the molecule is CC(C)(C)OC(=O)c1nc(Cc2cccc(-c3ccccc3)c2)[nH]c(=O)c1OCc1ccccc1. The van der Waals surface area contributed by atoms with Gasteiger partial charge in [0.2, 0.25) is 5.75 Å². The van der Waals surface area contributed by atoms with E-state index < -0.39 is 17.1 Å². The van der Waals surface area contributed by atoms with Gasteiger partial charge in [0.25, 0.3) is 5.56 Å². The van der Waals surface area contributed by atoms with Crippen molar-refractivity contribution in [1.82, 2.24) is 9.97 Å². The van der Waals surface area contributed by atoms with Crippen molar-refractivity contribution >= 4 is 5.97 Å². The minimum atomic E-state index is -0.748. The molecule has 4 aromatic rings. The molecule has 0 aliphatic carbocycles. The second kappa shape index (κ2) is 10.4. The van der Waals surface area contributed by atoms with E-state index in [1.807, 2.05) is 84.9 Å². The third kappa shape index (κ3) is 6.44. The van der Waals surface area contributed by atoms with Crippen LogP contribution in [0.25, 0.3) is 11.1 Å². The highest BCUT2D eigenvalue weighted by molar-refractivity contribution is 5.90. The lowest BCUT2D eigenvalue weighted by molar-refractivity contribution is 0.00572. The second-order valence-corrected chi connectivity index (χ2v) is 9.21. The number of aromatic amines is 1. The van der Waals surface area contributed by atoms with Crippen LogP contribution >= 0.6 is 0 Å². The first-order valence-electron chi connectivity index (χ1n) is 11.5. The van der Waals surface area contributed by atoms with Gasteiger partial charge < -0.3 is 14.5 Å². The molecule has 6 heteroatoms. The zero-order valence-electron chi connectivity index (χ0n) is 20.1. The molecule has 1 N–H and O–H groups in total. The Morgan fingerprint density at radius 2 is 1.49 bits per heavy atom. The van der Waals surface area contributed by atoms with E-state index >= 15 is 0 Å². The molecular weight excluding hydrogens is 440 g/mol. The Morgan fingerprint density at radius 3 is 2.17 bits per heavy atom. The summed E-state index contributed by atoms with van der Waals surface area (Å²) < 4.78 is 11.3. The maximum absolute atomic E-state index is 13.0. The molecule has 0 aliphatic rings. The van der Waals surface area contributed by atoms with Crippen LogP contribution in [-0.4, -0.2) is 21.5 Å². The van der Waals surface area contributed by atoms with Gasteiger partial charge in [0, 0.05) is 6.42 Å². The highest BCUT2D eigenvalue weighted by Crippen LogP contribution is 2.22. The van der Waals surface area contributed by atoms with E-state index in [0.29, 0.717) is 12.2 Å². The number of esters is 1. The molecule has 1 aromatic heterocycles. The van der Waals surface area contributed by atoms with Crippen LogP contribution in [0.4, 0.5) is 0 Å². The highest BCUT2D eigenvalue weighted by Gasteiger charge is 2.26. The molecule has 0 atom stereocenters. The van der Waals surface area contributed by atoms with E-state index in [4.69, 9.17) is 9.47 Å². The Hall–Kier alpha value is -4.19. The molecule has 0 radical (unpaired) electrons. The lowest BCUT2D eigenvalue weighted by Gasteiger charge is -2.20. The number of nitrogens with zero attached hydrogens (tertiary/aromatic N) is 1. The second-order valence-electron chi connectivity index (χ2n) is 9.21. The van der Waals surface area contributed by atoms with Gasteiger partial charge in [-0.15, -0.1) is 0 Å². The van der Waals surface area contributed by atoms with Crippen LogP contribution in [-0.2, 0) is 17.8 Å². The molecule has 0 amide bonds. The number of nitrogens with one attached hydrogen (secondary N) is 1. The van der Waals surface area contributed by atoms with Crippen molar-refractivity contribution < 1.29 is 14.3 Å². The van der Waals surface area contributed by atoms with Crippen molar-refractivity contribution in [3.8, 4) is 16.9 Å². The van der Waals surface area contributed by atoms with E-state index in [0.717, 1.165) is 22.3 Å². The minimum Gasteiger partial charge on any atom is -0.481 e. The Kier molecular flexibility index (Phi) is 7.11. The zero-order chi connectivity index (χ0) is 24.8. The Morgan fingerprint density at radius 1 is 0.857 bits per heavy atom. The topological polar surface area (TPSA) is 81.3 Å². The average molecular weight is 469 g/mol. The molecule has 0 bridgehead atoms. The summed E-state index contributed by atoms with van der Waals surface area (Å²) in [5, 5.41) is 0. The number of aromatic nitrogens is 2. The van der Waals surface area contributed by atoms with Crippen molar-refractivity contribution in [2.45, 2.75) is 39.4 Å². The summed E-state index contributed by atoms with van der Waals surface area (Å²) in [5.41, 5.74) is 2.56. The maximum Gasteiger partial charge on any atom is 0.361 e. The summed E-state index contributed by atoms with van der Waals surface area (Å²) in [7, 11) is 0. The van der Waals surface area contributed by atoms with Crippen LogP contribution in [0.2, 0.25) is 0 Å². The van der Waals surface area contributed by atoms with Gasteiger partial charge in [-0.2, -0.15) is 0 Å². The number of carbonyl (C=O) groups is 1. The normalized spacial score (nSPS) is 11.2. The fraction of sp³-hybridized carbons (Fsp3) is 0.207. The Labute approximate surface area is 204 Å². The summed E-state index contributed by atoms with van der Waals surface area (Å²) in [6.07, 6.45) is 0.338. The Balaban J connectivity index is 1.65. The largest absolute Gasteiger partial charge is 0.481 e. The van der Waals surface area contributed by atoms with Crippen molar-refractivity contribution in [2.75, 3.05) is 0 Å². The lowest BCUT2D eigenvalue weighted by Crippen LogP contribution is -2.28. The van der Waals surface area contributed by atoms with Crippen molar-refractivity contribution in [3.05, 3.63) is 118 Å². The monoisotopic (exact) mass is 468 g/mol. The van der Waals surface area contributed by atoms with Crippen molar-refractivity contribution in [3.63, 3.8) is 0 Å². The summed E-state index contributed by atoms with van der Waals surface area (Å²) in [5.74, 6) is -0.496. The van der Waals surface area contributed by atoms with Crippen LogP contribution in [0.5, 0.6) is 5.75 Å². The number of hydrogen-bond donors (Lipinski definition) is 1. The van der Waals surface area contributed by atoms with E-state index in [1.165, 1.54) is 0 Å². The van der Waals surface area contributed by atoms with Crippen LogP contribution in [0.3, 0.4) is 0 Å². The van der Waals surface area contributed by atoms with Crippen LogP contribution in [0, 0.1) is 0 Å². The molecule has 0 aliphatic heterocycles. The van der Waals surface area contributed by atoms with Crippen molar-refractivity contribution in [1.29, 1.82) is 0 Å². The van der Waals surface area contributed by atoms with Gasteiger partial charge in [-0.3, -0.25) is 4.79 Å². The molecule has 3 aromatic carbocycles. The fourth-order valence-corrected chi connectivity index (χ4v) is 3.61. The first kappa shape index (κ1) is 24.0. The first-order valence-corrected chi connectivity index (χ1v) is 11.5. The van der Waals surface area contributed by atoms with E-state index in [9.17, 15) is 9.59 Å². The van der Waals surface area contributed by atoms with E-state index in [1.54, 1.807) is 20.8 Å². The molecule has 35 heavy (non-hydrogen) atoms. The third-order valence-electron chi connectivity index (χ3n) is 5.15. The zero-order valence-corrected chi connectivity index (χ0v) is 20.1. The minimum absolute atomic E-state index is 0.125. The van der Waals surface area contributed by atoms with E-state index in [2.05, 4.69) is 9.97 Å². The van der Waals surface area contributed by atoms with Crippen molar-refractivity contribution in [2.24, 2.45) is 0 Å². The van der Waals surface area contributed by atoms with E-state index in [-0.39, 0.29) is 18.1 Å². The molecule has 0 unspecified atom stereocenters. The molecule has 0 saturated heterocycles. The van der Waals surface area contributed by atoms with Crippen LogP contribution in [0.1, 0.15) is 48.2 Å². The van der Waals surface area contributed by atoms with Gasteiger partial charge in [0.05, 0.1) is 0 Å². The standard InChI is InChI=1S/C29H28N2O4/c1-29(2,3)35-28(33)25-26(34-19-20-11-6-4-7-12-20)27(32)31-24(30-25)18-21-13-10-16-23(17-21)22-14-8-5-9-15-22/h4-17H,18-19H2,1-3H3,(H,30,31,32). The Bertz CT molecular complexity index is 1360. The highest BCUT2D eigenvalue weighted by atomic mass is 16.6. The summed E-state index contributed by atoms with van der Waals surface area (Å²) in [6, 6.07) is 27.4. The first-order chi connectivity index (χ1) is 16.8. The quantitative estimate of drug-likeness (QED) is 0.359. The predicted octanol–water partition coefficient (Wildman–Crippen LogP) is 5.56. The third-order valence-corrected chi connectivity index (χ3v) is 5.15. The number of hydrogen-bond acceptors (Lipinski definition) is 5. The van der Waals surface area contributed by atoms with Crippen LogP contribution < -0.4 is 10.3 Å². The molecule has 4 rings (SSSR count). The van der Waals surface area contributed by atoms with Crippen LogP contribution in [0.15, 0.2) is 89.7 Å². The molecule has 1 heterocycles. The molecule has 6 nitrogen and oxygen atoms in total. The smallest absolute Gasteiger partial charge is 0.361 e. The molecule has 178 valence electrons. The van der Waals surface area contributed by atoms with Gasteiger partial charge in [-0.25, -0.2) is 9.78 Å². The molecule has 0 saturated carbocycles. The summed E-state index contributed by atoms with van der Waals surface area (Å²) >= 11 is 0. The molecule has 0 fully saturated rings. The predicted molar refractivity (Wildman–Crippen MR) is 135 cm³/mol. The number of ether oxygens (including phenoxy) is 2. The van der Waals surface area contributed by atoms with Gasteiger partial charge in [-0.05, 0) is 43.0 Å². The lowest BCUT2D eigenvalue weighted by atomic mass is 10.0. The summed E-state index contributed by atoms with van der Waals surface area (Å²) in [6.45, 7) is 5.41. The summed E-state index contributed by atoms with van der Waals surface area (Å²) in [4.78, 5) is 33.2. The maximum atomic E-state index is 13.0. The number of H-pyrrole nitrogens is 1. The molecule has 0 spiro atoms. The van der Waals surface area contributed by atoms with Gasteiger partial charge >= 0.3 is 5.97 Å². The number of carbonyl (C=O) groups excluding carboxylic acids is 1. The number of benzene rings is 3. The number of rotatable bonds is 7. The fourth-order valence-electron chi connectivity index (χ4n) is 3.61. The molecular formula is C29H28N2O4. The van der Waals surface area contributed by atoms with Gasteiger partial charge in [-0.1, -0.05) is 84.9 Å².